The van der Waals surface area contributed by atoms with Gasteiger partial charge in [-0.1, -0.05) is 68.9 Å². The lowest BCUT2D eigenvalue weighted by atomic mass is 9.87. The van der Waals surface area contributed by atoms with Crippen molar-refractivity contribution >= 4 is 11.8 Å². The van der Waals surface area contributed by atoms with E-state index in [2.05, 4.69) is 5.32 Å². The number of carbonyl (C=O) groups excluding carboxylic acids is 2. The number of hydrogen-bond acceptors (Lipinski definition) is 4. The fraction of sp³-hybridized carbons (Fsp3) is 0.562. The summed E-state index contributed by atoms with van der Waals surface area (Å²) in [5.74, 6) is 1.99. The molecule has 3 aliphatic rings. The minimum absolute atomic E-state index is 0.0271. The number of rotatable bonds is 11. The Labute approximate surface area is 226 Å². The summed E-state index contributed by atoms with van der Waals surface area (Å²) in [5.41, 5.74) is 0.998. The van der Waals surface area contributed by atoms with E-state index in [4.69, 9.17) is 4.74 Å². The van der Waals surface area contributed by atoms with Crippen molar-refractivity contribution in [2.75, 3.05) is 6.54 Å². The molecule has 2 N–H and O–H groups in total. The number of nitrogens with zero attached hydrogens (tertiary/aromatic N) is 1. The highest BCUT2D eigenvalue weighted by molar-refractivity contribution is 5.89. The number of para-hydroxylation sites is 1. The lowest BCUT2D eigenvalue weighted by Gasteiger charge is -2.28. The first-order valence-corrected chi connectivity index (χ1v) is 14.6. The molecule has 1 aliphatic heterocycles. The van der Waals surface area contributed by atoms with Gasteiger partial charge >= 0.3 is 0 Å². The van der Waals surface area contributed by atoms with E-state index < -0.39 is 18.1 Å². The monoisotopic (exact) mass is 518 g/mol. The number of likely N-dealkylation sites (tertiary alicyclic amines) is 1. The van der Waals surface area contributed by atoms with Crippen LogP contribution in [0.3, 0.4) is 0 Å². The molecule has 1 heterocycles. The van der Waals surface area contributed by atoms with Gasteiger partial charge in [0, 0.05) is 13.1 Å². The molecule has 3 fully saturated rings. The van der Waals surface area contributed by atoms with Gasteiger partial charge in [0.1, 0.15) is 17.5 Å². The van der Waals surface area contributed by atoms with Crippen LogP contribution in [-0.4, -0.2) is 40.5 Å². The van der Waals surface area contributed by atoms with Crippen molar-refractivity contribution in [3.05, 3.63) is 60.2 Å². The van der Waals surface area contributed by atoms with Crippen molar-refractivity contribution in [1.29, 1.82) is 0 Å². The van der Waals surface area contributed by atoms with E-state index in [0.717, 1.165) is 62.0 Å². The van der Waals surface area contributed by atoms with Crippen LogP contribution in [-0.2, 0) is 16.1 Å². The third kappa shape index (κ3) is 7.37. The summed E-state index contributed by atoms with van der Waals surface area (Å²) in [6.07, 6.45) is 10.3. The van der Waals surface area contributed by atoms with Crippen molar-refractivity contribution in [3.8, 4) is 11.5 Å². The highest BCUT2D eigenvalue weighted by atomic mass is 16.5. The first-order chi connectivity index (χ1) is 18.5. The molecule has 1 saturated heterocycles. The molecule has 2 aromatic rings. The largest absolute Gasteiger partial charge is 0.457 e. The van der Waals surface area contributed by atoms with Gasteiger partial charge in [0.25, 0.3) is 0 Å². The van der Waals surface area contributed by atoms with E-state index in [1.54, 1.807) is 0 Å². The molecule has 2 aliphatic carbocycles. The molecular formula is C32H42N2O4. The van der Waals surface area contributed by atoms with E-state index in [1.807, 2.05) is 59.5 Å². The number of amides is 2. The number of aliphatic hydroxyl groups excluding tert-OH is 1. The van der Waals surface area contributed by atoms with Gasteiger partial charge < -0.3 is 20.1 Å². The lowest BCUT2D eigenvalue weighted by molar-refractivity contribution is -0.139. The van der Waals surface area contributed by atoms with E-state index in [0.29, 0.717) is 37.8 Å². The smallest absolute Gasteiger partial charge is 0.245 e. The molecule has 0 bridgehead atoms. The molecular weight excluding hydrogens is 476 g/mol. The maximum absolute atomic E-state index is 13.6. The second kappa shape index (κ2) is 12.8. The van der Waals surface area contributed by atoms with Crippen LogP contribution in [0.5, 0.6) is 11.5 Å². The van der Waals surface area contributed by atoms with Crippen LogP contribution >= 0.6 is 0 Å². The number of benzene rings is 2. The molecule has 2 saturated carbocycles. The summed E-state index contributed by atoms with van der Waals surface area (Å²) in [6, 6.07) is 17.0. The van der Waals surface area contributed by atoms with Gasteiger partial charge in [-0.2, -0.15) is 0 Å². The van der Waals surface area contributed by atoms with Gasteiger partial charge in [0.05, 0.1) is 12.0 Å². The van der Waals surface area contributed by atoms with Crippen molar-refractivity contribution in [3.63, 3.8) is 0 Å². The van der Waals surface area contributed by atoms with Crippen LogP contribution in [0.4, 0.5) is 0 Å². The molecule has 0 unspecified atom stereocenters. The normalized spacial score (nSPS) is 22.1. The molecule has 38 heavy (non-hydrogen) atoms. The van der Waals surface area contributed by atoms with E-state index in [-0.39, 0.29) is 11.8 Å². The lowest BCUT2D eigenvalue weighted by Crippen LogP contribution is -2.50. The number of nitrogens with one attached hydrogen (secondary N) is 1. The Hall–Kier alpha value is -2.86. The molecule has 2 aromatic carbocycles. The maximum Gasteiger partial charge on any atom is 0.245 e. The topological polar surface area (TPSA) is 78.9 Å². The fourth-order valence-corrected chi connectivity index (χ4v) is 6.13. The predicted octanol–water partition coefficient (Wildman–Crippen LogP) is 5.83. The Morgan fingerprint density at radius 3 is 2.37 bits per heavy atom. The van der Waals surface area contributed by atoms with E-state index in [1.165, 1.54) is 12.8 Å². The van der Waals surface area contributed by atoms with Crippen LogP contribution in [0.1, 0.15) is 76.2 Å². The average Bonchev–Trinajstić information content (AvgIpc) is 3.64. The fourth-order valence-electron chi connectivity index (χ4n) is 6.13. The van der Waals surface area contributed by atoms with Crippen LogP contribution < -0.4 is 10.1 Å². The van der Waals surface area contributed by atoms with Crippen LogP contribution in [0, 0.1) is 17.8 Å². The zero-order valence-corrected chi connectivity index (χ0v) is 22.4. The Kier molecular flexibility index (Phi) is 9.00. The second-order valence-electron chi connectivity index (χ2n) is 11.6. The van der Waals surface area contributed by atoms with Gasteiger partial charge in [0.15, 0.2) is 0 Å². The van der Waals surface area contributed by atoms with E-state index in [9.17, 15) is 14.7 Å². The molecule has 2 amide bonds. The molecule has 0 spiro atoms. The van der Waals surface area contributed by atoms with Crippen LogP contribution in [0.2, 0.25) is 0 Å². The molecule has 0 aromatic heterocycles. The number of carbonyl (C=O) groups is 2. The molecule has 5 rings (SSSR count). The van der Waals surface area contributed by atoms with Crippen molar-refractivity contribution in [2.24, 2.45) is 17.8 Å². The Morgan fingerprint density at radius 2 is 1.61 bits per heavy atom. The summed E-state index contributed by atoms with van der Waals surface area (Å²) < 4.78 is 5.98. The quantitative estimate of drug-likeness (QED) is 0.392. The summed E-state index contributed by atoms with van der Waals surface area (Å²) in [5, 5.41) is 14.2. The Bertz CT molecular complexity index is 1060. The summed E-state index contributed by atoms with van der Waals surface area (Å²) in [4.78, 5) is 28.9. The van der Waals surface area contributed by atoms with Crippen molar-refractivity contribution in [1.82, 2.24) is 10.2 Å². The predicted molar refractivity (Wildman–Crippen MR) is 148 cm³/mol. The highest BCUT2D eigenvalue weighted by Crippen LogP contribution is 2.38. The molecule has 3 atom stereocenters. The van der Waals surface area contributed by atoms with Crippen LogP contribution in [0.25, 0.3) is 0 Å². The Balaban J connectivity index is 1.22. The van der Waals surface area contributed by atoms with Gasteiger partial charge in [-0.15, -0.1) is 0 Å². The second-order valence-corrected chi connectivity index (χ2v) is 11.6. The third-order valence-corrected chi connectivity index (χ3v) is 8.48. The summed E-state index contributed by atoms with van der Waals surface area (Å²) >= 11 is 0. The minimum atomic E-state index is -0.622. The van der Waals surface area contributed by atoms with E-state index >= 15 is 0 Å². The molecule has 0 radical (unpaired) electrons. The average molecular weight is 519 g/mol. The zero-order valence-electron chi connectivity index (χ0n) is 22.4. The summed E-state index contributed by atoms with van der Waals surface area (Å²) in [6.45, 7) is 1.15. The summed E-state index contributed by atoms with van der Waals surface area (Å²) in [7, 11) is 0. The highest BCUT2D eigenvalue weighted by Gasteiger charge is 2.37. The Morgan fingerprint density at radius 1 is 0.895 bits per heavy atom. The van der Waals surface area contributed by atoms with Gasteiger partial charge in [0.2, 0.25) is 11.8 Å². The molecule has 204 valence electrons. The number of aliphatic hydroxyl groups is 1. The standard InChI is InChI=1S/C32H42N2O4/c35-30(21-23-9-4-5-10-23)28(20-24-16-17-24)31(36)33-29-15-6-7-18-34(32(29)37)22-25-11-8-14-27(19-25)38-26-12-2-1-3-13-26/h1-3,8,11-14,19,23-24,28-30,35H,4-7,9-10,15-18,20-22H2,(H,33,36)/t28-,29+,30+/m1/s1. The number of hydrogen-bond donors (Lipinski definition) is 2. The first kappa shape index (κ1) is 26.7. The van der Waals surface area contributed by atoms with Gasteiger partial charge in [-0.3, -0.25) is 9.59 Å². The van der Waals surface area contributed by atoms with Crippen molar-refractivity contribution in [2.45, 2.75) is 89.3 Å². The van der Waals surface area contributed by atoms with Gasteiger partial charge in [-0.05, 0) is 73.8 Å². The number of ether oxygens (including phenoxy) is 1. The maximum atomic E-state index is 13.6. The minimum Gasteiger partial charge on any atom is -0.457 e. The third-order valence-electron chi connectivity index (χ3n) is 8.48. The van der Waals surface area contributed by atoms with Crippen molar-refractivity contribution < 1.29 is 19.4 Å². The SMILES string of the molecule is O=C(N[C@H]1CCCCN(Cc2cccc(Oc3ccccc3)c2)C1=O)[C@H](CC1CC1)[C@@H](O)CC1CCCC1. The molecule has 6 nitrogen and oxygen atoms in total. The molecule has 6 heteroatoms. The zero-order chi connectivity index (χ0) is 26.3. The van der Waals surface area contributed by atoms with Crippen LogP contribution in [0.15, 0.2) is 54.6 Å². The van der Waals surface area contributed by atoms with Gasteiger partial charge in [-0.25, -0.2) is 0 Å². The first-order valence-electron chi connectivity index (χ1n) is 14.6.